The van der Waals surface area contributed by atoms with E-state index in [9.17, 15) is 9.59 Å². The van der Waals surface area contributed by atoms with Gasteiger partial charge in [0.15, 0.2) is 11.4 Å². The molecule has 0 unspecified atom stereocenters. The standard InChI is InChI=1S/C29H42N6O4.C5H10O2/c1-9-21(10-2)39-27-19(4)18(3)26-31-34(28(30)35(26)32-27)17-24(36)20-15-22(29(5,6)7)25(37-8)23(16-20)33-11-13-38-14-12-33;1-5(2,3)4(6)7/h15-16,21,30H,9-14,17H2,1-8H3;1-3H3,(H,6,7). The van der Waals surface area contributed by atoms with Gasteiger partial charge in [-0.3, -0.25) is 15.0 Å². The van der Waals surface area contributed by atoms with Crippen molar-refractivity contribution in [2.24, 2.45) is 5.41 Å². The smallest absolute Gasteiger partial charge is 0.308 e. The number of hydrogen-bond acceptors (Lipinski definition) is 9. The molecule has 1 aromatic carbocycles. The third-order valence-electron chi connectivity index (χ3n) is 8.15. The highest BCUT2D eigenvalue weighted by atomic mass is 16.5. The third kappa shape index (κ3) is 8.26. The lowest BCUT2D eigenvalue weighted by Gasteiger charge is -2.33. The Morgan fingerprint density at radius 3 is 2.11 bits per heavy atom. The lowest BCUT2D eigenvalue weighted by atomic mass is 9.84. The molecule has 12 heteroatoms. The predicted octanol–water partition coefficient (Wildman–Crippen LogP) is 5.34. The van der Waals surface area contributed by atoms with Crippen LogP contribution in [0, 0.1) is 24.7 Å². The van der Waals surface area contributed by atoms with E-state index < -0.39 is 11.4 Å². The van der Waals surface area contributed by atoms with Crippen LogP contribution in [0.25, 0.3) is 5.65 Å². The van der Waals surface area contributed by atoms with Crippen LogP contribution in [0.1, 0.15) is 95.3 Å². The summed E-state index contributed by atoms with van der Waals surface area (Å²) in [4.78, 5) is 25.9. The van der Waals surface area contributed by atoms with Crippen molar-refractivity contribution in [3.05, 3.63) is 40.0 Å². The van der Waals surface area contributed by atoms with E-state index in [0.717, 1.165) is 54.1 Å². The van der Waals surface area contributed by atoms with E-state index in [1.54, 1.807) is 27.9 Å². The number of aromatic nitrogens is 4. The summed E-state index contributed by atoms with van der Waals surface area (Å²) in [6, 6.07) is 3.82. The van der Waals surface area contributed by atoms with Crippen molar-refractivity contribution >= 4 is 23.1 Å². The van der Waals surface area contributed by atoms with Crippen molar-refractivity contribution in [1.29, 1.82) is 5.41 Å². The number of methoxy groups -OCH3 is 1. The zero-order chi connectivity index (χ0) is 34.6. The molecule has 3 aromatic rings. The molecule has 2 aromatic heterocycles. The number of benzene rings is 1. The number of carbonyl (C=O) groups excluding carboxylic acids is 1. The van der Waals surface area contributed by atoms with Crippen molar-refractivity contribution in [3.63, 3.8) is 0 Å². The number of hydrogen-bond donors (Lipinski definition) is 2. The number of aryl methyl sites for hydroxylation is 1. The van der Waals surface area contributed by atoms with Crippen molar-refractivity contribution in [2.45, 2.75) is 100 Å². The fourth-order valence-corrected chi connectivity index (χ4v) is 4.88. The van der Waals surface area contributed by atoms with E-state index in [2.05, 4.69) is 49.7 Å². The maximum absolute atomic E-state index is 13.7. The molecular formula is C34H52N6O6. The Labute approximate surface area is 272 Å². The van der Waals surface area contributed by atoms with Crippen molar-refractivity contribution < 1.29 is 28.9 Å². The molecule has 12 nitrogen and oxygen atoms in total. The van der Waals surface area contributed by atoms with E-state index >= 15 is 0 Å². The predicted molar refractivity (Wildman–Crippen MR) is 177 cm³/mol. The lowest BCUT2D eigenvalue weighted by Crippen LogP contribution is -2.37. The van der Waals surface area contributed by atoms with Crippen LogP contribution in [0.5, 0.6) is 11.6 Å². The Balaban J connectivity index is 0.000000738. The van der Waals surface area contributed by atoms with Crippen LogP contribution in [0.2, 0.25) is 0 Å². The molecule has 1 fully saturated rings. The normalized spacial score (nSPS) is 13.9. The molecule has 0 saturated carbocycles. The number of anilines is 1. The number of ketones is 1. The SMILES string of the molecule is CC(C)(C)C(=O)O.CCC(CC)Oc1nn2c(=N)n(CC(=O)c3cc(N4CCOCC4)c(OC)c(C(C)(C)C)c3)nc2c(C)c1C. The van der Waals surface area contributed by atoms with Gasteiger partial charge in [-0.2, -0.15) is 4.52 Å². The molecule has 254 valence electrons. The number of rotatable bonds is 9. The molecule has 46 heavy (non-hydrogen) atoms. The topological polar surface area (TPSA) is 144 Å². The molecule has 0 atom stereocenters. The zero-order valence-electron chi connectivity index (χ0n) is 29.4. The molecule has 2 N–H and O–H groups in total. The van der Waals surface area contributed by atoms with Gasteiger partial charge in [0.05, 0.1) is 37.5 Å². The highest BCUT2D eigenvalue weighted by Crippen LogP contribution is 2.40. The molecule has 0 amide bonds. The number of nitrogens with zero attached hydrogens (tertiary/aromatic N) is 5. The van der Waals surface area contributed by atoms with E-state index in [1.807, 2.05) is 26.0 Å². The van der Waals surface area contributed by atoms with Gasteiger partial charge in [0.25, 0.3) is 0 Å². The maximum atomic E-state index is 13.7. The Morgan fingerprint density at radius 1 is 1.02 bits per heavy atom. The van der Waals surface area contributed by atoms with Gasteiger partial charge >= 0.3 is 5.97 Å². The van der Waals surface area contributed by atoms with Gasteiger partial charge in [-0.05, 0) is 65.0 Å². The monoisotopic (exact) mass is 640 g/mol. The summed E-state index contributed by atoms with van der Waals surface area (Å²) in [6.07, 6.45) is 1.78. The first kappa shape index (κ1) is 36.5. The number of carboxylic acid groups (broad SMARTS) is 1. The molecule has 1 aliphatic heterocycles. The van der Waals surface area contributed by atoms with Gasteiger partial charge in [0, 0.05) is 35.3 Å². The molecule has 0 bridgehead atoms. The zero-order valence-corrected chi connectivity index (χ0v) is 29.4. The fraction of sp³-hybridized carbons (Fsp3) is 0.618. The van der Waals surface area contributed by atoms with E-state index in [1.165, 1.54) is 9.20 Å². The van der Waals surface area contributed by atoms with Crippen LogP contribution in [-0.4, -0.2) is 75.8 Å². The largest absolute Gasteiger partial charge is 0.494 e. The number of carbonyl (C=O) groups is 2. The summed E-state index contributed by atoms with van der Waals surface area (Å²) in [5.74, 6) is 0.385. The van der Waals surface area contributed by atoms with Gasteiger partial charge in [0.1, 0.15) is 12.3 Å². The first-order chi connectivity index (χ1) is 21.4. The first-order valence-corrected chi connectivity index (χ1v) is 15.9. The van der Waals surface area contributed by atoms with Crippen LogP contribution in [0.3, 0.4) is 0 Å². The number of nitrogens with one attached hydrogen (secondary N) is 1. The molecule has 1 saturated heterocycles. The van der Waals surface area contributed by atoms with Gasteiger partial charge in [-0.25, -0.2) is 4.68 Å². The summed E-state index contributed by atoms with van der Waals surface area (Å²) >= 11 is 0. The Kier molecular flexibility index (Phi) is 11.6. The summed E-state index contributed by atoms with van der Waals surface area (Å²) in [5, 5.41) is 26.2. The van der Waals surface area contributed by atoms with E-state index in [-0.39, 0.29) is 29.5 Å². The number of morpholine rings is 1. The number of aliphatic carboxylic acids is 1. The molecule has 1 aliphatic rings. The van der Waals surface area contributed by atoms with Gasteiger partial charge in [0.2, 0.25) is 11.5 Å². The van der Waals surface area contributed by atoms with E-state index in [4.69, 9.17) is 24.7 Å². The van der Waals surface area contributed by atoms with Crippen molar-refractivity contribution in [1.82, 2.24) is 19.4 Å². The van der Waals surface area contributed by atoms with Gasteiger partial charge < -0.3 is 24.2 Å². The molecule has 4 rings (SSSR count). The molecule has 3 heterocycles. The number of carboxylic acids is 1. The second kappa shape index (κ2) is 14.7. The second-order valence-electron chi connectivity index (χ2n) is 13.7. The molecular weight excluding hydrogens is 588 g/mol. The first-order valence-electron chi connectivity index (χ1n) is 15.9. The summed E-state index contributed by atoms with van der Waals surface area (Å²) < 4.78 is 20.4. The Morgan fingerprint density at radius 2 is 1.61 bits per heavy atom. The Bertz CT molecular complexity index is 1600. The third-order valence-corrected chi connectivity index (χ3v) is 8.15. The average molecular weight is 641 g/mol. The Hall–Kier alpha value is -3.93. The summed E-state index contributed by atoms with van der Waals surface area (Å²) in [5.41, 5.74) is 3.90. The number of ether oxygens (including phenoxy) is 3. The number of Topliss-reactive ketones (excluding diaryl/α,β-unsaturated/α-hetero) is 1. The quantitative estimate of drug-likeness (QED) is 0.296. The second-order valence-corrected chi connectivity index (χ2v) is 13.7. The van der Waals surface area contributed by atoms with Crippen LogP contribution in [-0.2, 0) is 21.5 Å². The molecule has 0 radical (unpaired) electrons. The van der Waals surface area contributed by atoms with Gasteiger partial charge in [-0.1, -0.05) is 34.6 Å². The fourth-order valence-electron chi connectivity index (χ4n) is 4.88. The molecule has 0 aliphatic carbocycles. The van der Waals surface area contributed by atoms with Crippen molar-refractivity contribution in [2.75, 3.05) is 38.3 Å². The van der Waals surface area contributed by atoms with Crippen LogP contribution in [0.15, 0.2) is 12.1 Å². The van der Waals surface area contributed by atoms with E-state index in [0.29, 0.717) is 30.3 Å². The van der Waals surface area contributed by atoms with Crippen LogP contribution >= 0.6 is 0 Å². The minimum atomic E-state index is -0.757. The summed E-state index contributed by atoms with van der Waals surface area (Å²) in [7, 11) is 1.67. The highest BCUT2D eigenvalue weighted by molar-refractivity contribution is 5.98. The molecule has 0 spiro atoms. The van der Waals surface area contributed by atoms with Crippen LogP contribution in [0.4, 0.5) is 5.69 Å². The minimum absolute atomic E-state index is 0.0220. The minimum Gasteiger partial charge on any atom is -0.494 e. The maximum Gasteiger partial charge on any atom is 0.308 e. The van der Waals surface area contributed by atoms with Crippen molar-refractivity contribution in [3.8, 4) is 11.6 Å². The van der Waals surface area contributed by atoms with Crippen LogP contribution < -0.4 is 20.0 Å². The van der Waals surface area contributed by atoms with Gasteiger partial charge in [-0.15, -0.1) is 10.2 Å². The number of fused-ring (bicyclic) bond motifs is 1. The lowest BCUT2D eigenvalue weighted by molar-refractivity contribution is -0.145. The summed E-state index contributed by atoms with van der Waals surface area (Å²) in [6.45, 7) is 22.0. The highest BCUT2D eigenvalue weighted by Gasteiger charge is 2.28. The average Bonchev–Trinajstić information content (AvgIpc) is 3.31.